The summed E-state index contributed by atoms with van der Waals surface area (Å²) in [6.45, 7) is 8.32. The Labute approximate surface area is 101 Å². The number of carbonyl (C=O) groups is 2. The SMILES string of the molecule is CC(=O)O[C@H]1C(C)O[C@@H](C)[C@H](OC(C)=O)C1C. The van der Waals surface area contributed by atoms with Gasteiger partial charge in [-0.1, -0.05) is 6.92 Å². The number of carbonyl (C=O) groups excluding carboxylic acids is 2. The van der Waals surface area contributed by atoms with Gasteiger partial charge in [-0.2, -0.15) is 0 Å². The molecule has 0 amide bonds. The van der Waals surface area contributed by atoms with Gasteiger partial charge in [0, 0.05) is 19.8 Å². The number of esters is 2. The molecule has 0 aromatic heterocycles. The zero-order chi connectivity index (χ0) is 13.2. The lowest BCUT2D eigenvalue weighted by Gasteiger charge is -2.42. The standard InChI is InChI=1S/C12H20O5/c1-6-11(16-9(4)13)7(2)15-8(3)12(6)17-10(5)14/h6-8,11-12H,1-5H3/t6?,7-,8?,11+,12+/m0/s1. The number of ether oxygens (including phenoxy) is 3. The number of hydrogen-bond donors (Lipinski definition) is 0. The molecule has 0 aliphatic carbocycles. The van der Waals surface area contributed by atoms with E-state index in [1.54, 1.807) is 0 Å². The molecule has 1 aliphatic rings. The largest absolute Gasteiger partial charge is 0.459 e. The smallest absolute Gasteiger partial charge is 0.303 e. The summed E-state index contributed by atoms with van der Waals surface area (Å²) in [6, 6.07) is 0. The second-order valence-electron chi connectivity index (χ2n) is 4.55. The summed E-state index contributed by atoms with van der Waals surface area (Å²) < 4.78 is 16.1. The van der Waals surface area contributed by atoms with Crippen molar-refractivity contribution in [2.75, 3.05) is 0 Å². The van der Waals surface area contributed by atoms with Crippen LogP contribution in [0.2, 0.25) is 0 Å². The van der Waals surface area contributed by atoms with E-state index in [1.807, 2.05) is 20.8 Å². The predicted octanol–water partition coefficient (Wildman–Crippen LogP) is 1.29. The van der Waals surface area contributed by atoms with Crippen molar-refractivity contribution in [3.05, 3.63) is 0 Å². The molecule has 0 radical (unpaired) electrons. The van der Waals surface area contributed by atoms with E-state index in [2.05, 4.69) is 0 Å². The first kappa shape index (κ1) is 14.0. The van der Waals surface area contributed by atoms with Crippen LogP contribution in [0.1, 0.15) is 34.6 Å². The van der Waals surface area contributed by atoms with Gasteiger partial charge in [-0.25, -0.2) is 0 Å². The van der Waals surface area contributed by atoms with E-state index in [1.165, 1.54) is 13.8 Å². The molecule has 17 heavy (non-hydrogen) atoms. The summed E-state index contributed by atoms with van der Waals surface area (Å²) in [5, 5.41) is 0. The third-order valence-electron chi connectivity index (χ3n) is 3.00. The van der Waals surface area contributed by atoms with Gasteiger partial charge in [-0.05, 0) is 13.8 Å². The first-order chi connectivity index (χ1) is 7.82. The average molecular weight is 244 g/mol. The lowest BCUT2D eigenvalue weighted by Crippen LogP contribution is -2.53. The molecule has 1 saturated heterocycles. The van der Waals surface area contributed by atoms with Gasteiger partial charge in [0.2, 0.25) is 0 Å². The van der Waals surface area contributed by atoms with E-state index in [0.717, 1.165) is 0 Å². The number of rotatable bonds is 2. The first-order valence-electron chi connectivity index (χ1n) is 5.82. The molecule has 0 aromatic carbocycles. The summed E-state index contributed by atoms with van der Waals surface area (Å²) in [5.41, 5.74) is 0. The maximum Gasteiger partial charge on any atom is 0.303 e. The molecule has 98 valence electrons. The minimum atomic E-state index is -0.381. The molecule has 5 nitrogen and oxygen atoms in total. The van der Waals surface area contributed by atoms with Gasteiger partial charge in [0.1, 0.15) is 12.2 Å². The zero-order valence-electron chi connectivity index (χ0n) is 10.9. The van der Waals surface area contributed by atoms with Crippen LogP contribution in [-0.4, -0.2) is 36.4 Å². The van der Waals surface area contributed by atoms with Crippen LogP contribution in [0.15, 0.2) is 0 Å². The highest BCUT2D eigenvalue weighted by atomic mass is 16.6. The Balaban J connectivity index is 2.78. The van der Waals surface area contributed by atoms with Crippen molar-refractivity contribution in [3.63, 3.8) is 0 Å². The fraction of sp³-hybridized carbons (Fsp3) is 0.833. The molecule has 2 unspecified atom stereocenters. The minimum absolute atomic E-state index is 0.0819. The summed E-state index contributed by atoms with van der Waals surface area (Å²) in [7, 11) is 0. The Bertz CT molecular complexity index is 273. The summed E-state index contributed by atoms with van der Waals surface area (Å²) >= 11 is 0. The second kappa shape index (κ2) is 5.49. The number of hydrogen-bond acceptors (Lipinski definition) is 5. The minimum Gasteiger partial charge on any atom is -0.459 e. The van der Waals surface area contributed by atoms with Crippen molar-refractivity contribution in [3.8, 4) is 0 Å². The predicted molar refractivity (Wildman–Crippen MR) is 60.3 cm³/mol. The molecular formula is C12H20O5. The molecule has 0 bridgehead atoms. The van der Waals surface area contributed by atoms with Crippen LogP contribution in [0.5, 0.6) is 0 Å². The van der Waals surface area contributed by atoms with Crippen LogP contribution in [0, 0.1) is 5.92 Å². The van der Waals surface area contributed by atoms with Crippen molar-refractivity contribution in [2.45, 2.75) is 59.0 Å². The normalized spacial score (nSPS) is 37.4. The van der Waals surface area contributed by atoms with E-state index in [4.69, 9.17) is 14.2 Å². The van der Waals surface area contributed by atoms with Crippen molar-refractivity contribution < 1.29 is 23.8 Å². The lowest BCUT2D eigenvalue weighted by molar-refractivity contribution is -0.214. The molecule has 0 N–H and O–H groups in total. The molecule has 1 heterocycles. The maximum absolute atomic E-state index is 11.0. The molecule has 5 heteroatoms. The van der Waals surface area contributed by atoms with E-state index in [-0.39, 0.29) is 42.3 Å². The fourth-order valence-corrected chi connectivity index (χ4v) is 2.32. The highest BCUT2D eigenvalue weighted by Gasteiger charge is 2.43. The summed E-state index contributed by atoms with van der Waals surface area (Å²) in [6.07, 6.45) is -1.16. The van der Waals surface area contributed by atoms with E-state index < -0.39 is 0 Å². The second-order valence-corrected chi connectivity index (χ2v) is 4.55. The third kappa shape index (κ3) is 3.43. The Morgan fingerprint density at radius 2 is 1.24 bits per heavy atom. The monoisotopic (exact) mass is 244 g/mol. The van der Waals surface area contributed by atoms with Crippen LogP contribution in [0.4, 0.5) is 0 Å². The van der Waals surface area contributed by atoms with Crippen LogP contribution in [0.3, 0.4) is 0 Å². The van der Waals surface area contributed by atoms with Gasteiger partial charge >= 0.3 is 11.9 Å². The average Bonchev–Trinajstić information content (AvgIpc) is 2.18. The van der Waals surface area contributed by atoms with Crippen molar-refractivity contribution in [1.82, 2.24) is 0 Å². The zero-order valence-corrected chi connectivity index (χ0v) is 10.9. The molecule has 0 aromatic rings. The topological polar surface area (TPSA) is 61.8 Å². The quantitative estimate of drug-likeness (QED) is 0.685. The highest BCUT2D eigenvalue weighted by Crippen LogP contribution is 2.30. The van der Waals surface area contributed by atoms with E-state index in [0.29, 0.717) is 0 Å². The Hall–Kier alpha value is -1.10. The van der Waals surface area contributed by atoms with Crippen LogP contribution < -0.4 is 0 Å². The Morgan fingerprint density at radius 1 is 0.882 bits per heavy atom. The Morgan fingerprint density at radius 3 is 1.53 bits per heavy atom. The summed E-state index contributed by atoms with van der Waals surface area (Å²) in [4.78, 5) is 22.1. The fourth-order valence-electron chi connectivity index (χ4n) is 2.32. The van der Waals surface area contributed by atoms with Crippen LogP contribution in [0.25, 0.3) is 0 Å². The molecule has 0 spiro atoms. The molecule has 0 saturated carbocycles. The molecule has 1 aliphatic heterocycles. The lowest BCUT2D eigenvalue weighted by atomic mass is 9.88. The van der Waals surface area contributed by atoms with Crippen LogP contribution >= 0.6 is 0 Å². The summed E-state index contributed by atoms with van der Waals surface area (Å²) in [5.74, 6) is -0.789. The first-order valence-corrected chi connectivity index (χ1v) is 5.82. The molecule has 5 atom stereocenters. The van der Waals surface area contributed by atoms with Crippen molar-refractivity contribution >= 4 is 11.9 Å². The van der Waals surface area contributed by atoms with Gasteiger partial charge in [0.15, 0.2) is 0 Å². The van der Waals surface area contributed by atoms with Gasteiger partial charge < -0.3 is 14.2 Å². The van der Waals surface area contributed by atoms with Gasteiger partial charge in [-0.3, -0.25) is 9.59 Å². The van der Waals surface area contributed by atoms with Crippen molar-refractivity contribution in [2.24, 2.45) is 5.92 Å². The third-order valence-corrected chi connectivity index (χ3v) is 3.00. The highest BCUT2D eigenvalue weighted by molar-refractivity contribution is 5.67. The molecular weight excluding hydrogens is 224 g/mol. The molecule has 1 rings (SSSR count). The van der Waals surface area contributed by atoms with Gasteiger partial charge in [-0.15, -0.1) is 0 Å². The molecule has 1 fully saturated rings. The van der Waals surface area contributed by atoms with E-state index >= 15 is 0 Å². The van der Waals surface area contributed by atoms with Crippen LogP contribution in [-0.2, 0) is 23.8 Å². The maximum atomic E-state index is 11.0. The van der Waals surface area contributed by atoms with Crippen molar-refractivity contribution in [1.29, 1.82) is 0 Å². The Kier molecular flexibility index (Phi) is 4.51. The van der Waals surface area contributed by atoms with Gasteiger partial charge in [0.05, 0.1) is 12.2 Å². The van der Waals surface area contributed by atoms with E-state index in [9.17, 15) is 9.59 Å². The van der Waals surface area contributed by atoms with Gasteiger partial charge in [0.25, 0.3) is 0 Å².